The molecule has 2 unspecified atom stereocenters. The molecule has 0 aromatic carbocycles. The van der Waals surface area contributed by atoms with Crippen LogP contribution in [-0.4, -0.2) is 28.0 Å². The third kappa shape index (κ3) is 3.78. The molecule has 0 radical (unpaired) electrons. The lowest BCUT2D eigenvalue weighted by atomic mass is 9.99. The summed E-state index contributed by atoms with van der Waals surface area (Å²) in [5, 5.41) is 13.4. The standard InChI is InChI=1S/C11H17N3O3S/c1-3-6(2)9(12)10(15)13-4-8-14-7(5-18-8)11(16)17/h5-6,9H,3-4,12H2,1-2H3,(H,13,15)(H,16,17). The lowest BCUT2D eigenvalue weighted by Crippen LogP contribution is -2.44. The Morgan fingerprint density at radius 1 is 1.61 bits per heavy atom. The van der Waals surface area contributed by atoms with Crippen molar-refractivity contribution in [3.63, 3.8) is 0 Å². The Bertz CT molecular complexity index is 433. The predicted octanol–water partition coefficient (Wildman–Crippen LogP) is 0.831. The zero-order valence-corrected chi connectivity index (χ0v) is 11.2. The van der Waals surface area contributed by atoms with Crippen LogP contribution in [-0.2, 0) is 11.3 Å². The minimum Gasteiger partial charge on any atom is -0.476 e. The molecule has 18 heavy (non-hydrogen) atoms. The number of carbonyl (C=O) groups excluding carboxylic acids is 1. The predicted molar refractivity (Wildman–Crippen MR) is 68.4 cm³/mol. The molecule has 1 aromatic heterocycles. The van der Waals surface area contributed by atoms with Crippen LogP contribution in [0.3, 0.4) is 0 Å². The van der Waals surface area contributed by atoms with E-state index in [1.54, 1.807) is 0 Å². The second-order valence-electron chi connectivity index (χ2n) is 4.06. The van der Waals surface area contributed by atoms with E-state index in [0.29, 0.717) is 5.01 Å². The number of aromatic nitrogens is 1. The molecule has 4 N–H and O–H groups in total. The number of rotatable bonds is 6. The van der Waals surface area contributed by atoms with Gasteiger partial charge in [-0.2, -0.15) is 0 Å². The number of carboxylic acid groups (broad SMARTS) is 1. The summed E-state index contributed by atoms with van der Waals surface area (Å²) >= 11 is 1.20. The van der Waals surface area contributed by atoms with Gasteiger partial charge in [-0.15, -0.1) is 11.3 Å². The van der Waals surface area contributed by atoms with Gasteiger partial charge in [-0.3, -0.25) is 4.79 Å². The molecular weight excluding hydrogens is 254 g/mol. The summed E-state index contributed by atoms with van der Waals surface area (Å²) < 4.78 is 0. The molecule has 1 aromatic rings. The van der Waals surface area contributed by atoms with Crippen molar-refractivity contribution in [3.05, 3.63) is 16.1 Å². The van der Waals surface area contributed by atoms with Crippen LogP contribution in [0.4, 0.5) is 0 Å². The van der Waals surface area contributed by atoms with Crippen LogP contribution in [0, 0.1) is 5.92 Å². The Balaban J connectivity index is 2.49. The maximum Gasteiger partial charge on any atom is 0.355 e. The molecule has 1 amide bonds. The van der Waals surface area contributed by atoms with Gasteiger partial charge in [-0.25, -0.2) is 9.78 Å². The highest BCUT2D eigenvalue weighted by Crippen LogP contribution is 2.10. The highest BCUT2D eigenvalue weighted by Gasteiger charge is 2.19. The zero-order chi connectivity index (χ0) is 13.7. The van der Waals surface area contributed by atoms with Crippen LogP contribution in [0.2, 0.25) is 0 Å². The highest BCUT2D eigenvalue weighted by molar-refractivity contribution is 7.09. The third-order valence-corrected chi connectivity index (χ3v) is 3.59. The number of nitrogens with two attached hydrogens (primary N) is 1. The van der Waals surface area contributed by atoms with E-state index in [4.69, 9.17) is 10.8 Å². The SMILES string of the molecule is CCC(C)C(N)C(=O)NCc1nc(C(=O)O)cs1. The van der Waals surface area contributed by atoms with Crippen molar-refractivity contribution < 1.29 is 14.7 Å². The van der Waals surface area contributed by atoms with Crippen LogP contribution >= 0.6 is 11.3 Å². The Morgan fingerprint density at radius 3 is 2.78 bits per heavy atom. The lowest BCUT2D eigenvalue weighted by molar-refractivity contribution is -0.123. The summed E-state index contributed by atoms with van der Waals surface area (Å²) in [6.45, 7) is 4.09. The van der Waals surface area contributed by atoms with Crippen molar-refractivity contribution >= 4 is 23.2 Å². The number of nitrogens with zero attached hydrogens (tertiary/aromatic N) is 1. The van der Waals surface area contributed by atoms with Gasteiger partial charge in [0, 0.05) is 5.38 Å². The molecule has 0 aliphatic carbocycles. The number of carboxylic acids is 1. The molecule has 6 nitrogen and oxygen atoms in total. The first-order chi connectivity index (χ1) is 8.45. The monoisotopic (exact) mass is 271 g/mol. The maximum atomic E-state index is 11.7. The first kappa shape index (κ1) is 14.6. The number of carbonyl (C=O) groups is 2. The number of hydrogen-bond donors (Lipinski definition) is 3. The van der Waals surface area contributed by atoms with Gasteiger partial charge < -0.3 is 16.2 Å². The van der Waals surface area contributed by atoms with Crippen LogP contribution in [0.15, 0.2) is 5.38 Å². The molecule has 0 saturated heterocycles. The average molecular weight is 271 g/mol. The van der Waals surface area contributed by atoms with Crippen LogP contribution in [0.5, 0.6) is 0 Å². The molecule has 1 rings (SSSR count). The molecule has 0 aliphatic rings. The summed E-state index contributed by atoms with van der Waals surface area (Å²) in [4.78, 5) is 26.2. The molecule has 0 spiro atoms. The highest BCUT2D eigenvalue weighted by atomic mass is 32.1. The van der Waals surface area contributed by atoms with Gasteiger partial charge in [0.1, 0.15) is 5.01 Å². The number of thiazole rings is 1. The molecule has 0 saturated carbocycles. The molecule has 0 fully saturated rings. The summed E-state index contributed by atoms with van der Waals surface area (Å²) in [7, 11) is 0. The quantitative estimate of drug-likeness (QED) is 0.710. The van der Waals surface area contributed by atoms with Crippen molar-refractivity contribution in [2.75, 3.05) is 0 Å². The first-order valence-electron chi connectivity index (χ1n) is 5.66. The van der Waals surface area contributed by atoms with E-state index in [9.17, 15) is 9.59 Å². The molecule has 7 heteroatoms. The average Bonchev–Trinajstić information content (AvgIpc) is 2.82. The lowest BCUT2D eigenvalue weighted by Gasteiger charge is -2.17. The van der Waals surface area contributed by atoms with Gasteiger partial charge >= 0.3 is 5.97 Å². The number of nitrogens with one attached hydrogen (secondary N) is 1. The van der Waals surface area contributed by atoms with E-state index in [2.05, 4.69) is 10.3 Å². The molecule has 100 valence electrons. The van der Waals surface area contributed by atoms with Crippen LogP contribution in [0.25, 0.3) is 0 Å². The van der Waals surface area contributed by atoms with E-state index < -0.39 is 12.0 Å². The van der Waals surface area contributed by atoms with Crippen molar-refractivity contribution in [2.45, 2.75) is 32.9 Å². The number of aromatic carboxylic acids is 1. The van der Waals surface area contributed by atoms with E-state index in [1.165, 1.54) is 16.7 Å². The van der Waals surface area contributed by atoms with Crippen molar-refractivity contribution in [3.8, 4) is 0 Å². The van der Waals surface area contributed by atoms with Crippen LogP contribution < -0.4 is 11.1 Å². The summed E-state index contributed by atoms with van der Waals surface area (Å²) in [6, 6.07) is -0.547. The Kier molecular flexibility index (Phi) is 5.24. The summed E-state index contributed by atoms with van der Waals surface area (Å²) in [6.07, 6.45) is 0.828. The van der Waals surface area contributed by atoms with Gasteiger partial charge in [0.05, 0.1) is 12.6 Å². The van der Waals surface area contributed by atoms with Crippen LogP contribution in [0.1, 0.15) is 35.8 Å². The number of amides is 1. The number of hydrogen-bond acceptors (Lipinski definition) is 5. The normalized spacial score (nSPS) is 13.9. The van der Waals surface area contributed by atoms with E-state index in [1.807, 2.05) is 13.8 Å². The fourth-order valence-corrected chi connectivity index (χ4v) is 1.99. The zero-order valence-electron chi connectivity index (χ0n) is 10.3. The summed E-state index contributed by atoms with van der Waals surface area (Å²) in [5.41, 5.74) is 5.76. The Hall–Kier alpha value is -1.47. The fourth-order valence-electron chi connectivity index (χ4n) is 1.28. The molecule has 0 aliphatic heterocycles. The van der Waals surface area contributed by atoms with Crippen molar-refractivity contribution in [1.29, 1.82) is 0 Å². The van der Waals surface area contributed by atoms with Gasteiger partial charge in [-0.05, 0) is 5.92 Å². The topological polar surface area (TPSA) is 105 Å². The summed E-state index contributed by atoms with van der Waals surface area (Å²) in [5.74, 6) is -1.20. The fraction of sp³-hybridized carbons (Fsp3) is 0.545. The Labute approximate surface area is 109 Å². The first-order valence-corrected chi connectivity index (χ1v) is 6.54. The van der Waals surface area contributed by atoms with Crippen molar-refractivity contribution in [2.24, 2.45) is 11.7 Å². The van der Waals surface area contributed by atoms with Gasteiger partial charge in [-0.1, -0.05) is 20.3 Å². The van der Waals surface area contributed by atoms with E-state index in [-0.39, 0.29) is 24.1 Å². The largest absolute Gasteiger partial charge is 0.476 e. The molecule has 1 heterocycles. The molecular formula is C11H17N3O3S. The second kappa shape index (κ2) is 6.46. The second-order valence-corrected chi connectivity index (χ2v) is 5.00. The van der Waals surface area contributed by atoms with E-state index in [0.717, 1.165) is 6.42 Å². The van der Waals surface area contributed by atoms with Crippen molar-refractivity contribution in [1.82, 2.24) is 10.3 Å². The smallest absolute Gasteiger partial charge is 0.355 e. The van der Waals surface area contributed by atoms with Gasteiger partial charge in [0.2, 0.25) is 5.91 Å². The minimum atomic E-state index is -1.07. The van der Waals surface area contributed by atoms with Gasteiger partial charge in [0.25, 0.3) is 0 Å². The molecule has 2 atom stereocenters. The van der Waals surface area contributed by atoms with E-state index >= 15 is 0 Å². The maximum absolute atomic E-state index is 11.7. The van der Waals surface area contributed by atoms with Gasteiger partial charge in [0.15, 0.2) is 5.69 Å². The molecule has 0 bridgehead atoms. The third-order valence-electron chi connectivity index (χ3n) is 2.74. The minimum absolute atomic E-state index is 0.00419. The Morgan fingerprint density at radius 2 is 2.28 bits per heavy atom.